The van der Waals surface area contributed by atoms with E-state index in [0.29, 0.717) is 0 Å². The second-order valence-corrected chi connectivity index (χ2v) is 4.66. The molecule has 0 saturated heterocycles. The minimum atomic E-state index is -0.501. The Labute approximate surface area is 113 Å². The summed E-state index contributed by atoms with van der Waals surface area (Å²) in [5, 5.41) is 13.2. The quantitative estimate of drug-likeness (QED) is 0.884. The van der Waals surface area contributed by atoms with Gasteiger partial charge in [0.15, 0.2) is 0 Å². The molecule has 0 saturated carbocycles. The van der Waals surface area contributed by atoms with E-state index in [9.17, 15) is 5.11 Å². The summed E-state index contributed by atoms with van der Waals surface area (Å²) >= 11 is 0. The molecule has 2 atom stereocenters. The Kier molecular flexibility index (Phi) is 4.12. The van der Waals surface area contributed by atoms with Crippen molar-refractivity contribution < 1.29 is 5.11 Å². The molecule has 4 nitrogen and oxygen atoms in total. The number of hydrogen-bond acceptors (Lipinski definition) is 4. The van der Waals surface area contributed by atoms with Gasteiger partial charge in [0.25, 0.3) is 0 Å². The van der Waals surface area contributed by atoms with Gasteiger partial charge in [0.1, 0.15) is 0 Å². The van der Waals surface area contributed by atoms with Crippen LogP contribution >= 0.6 is 0 Å². The van der Waals surface area contributed by atoms with E-state index in [-0.39, 0.29) is 6.04 Å². The first-order valence-electron chi connectivity index (χ1n) is 6.40. The number of aryl methyl sites for hydroxylation is 1. The number of anilines is 1. The van der Waals surface area contributed by atoms with Crippen LogP contribution in [0, 0.1) is 6.92 Å². The Hall–Kier alpha value is -1.94. The summed E-state index contributed by atoms with van der Waals surface area (Å²) in [7, 11) is 0. The van der Waals surface area contributed by atoms with Crippen LogP contribution in [0.15, 0.2) is 36.7 Å². The van der Waals surface area contributed by atoms with E-state index in [1.54, 1.807) is 19.3 Å². The number of nitrogens with zero attached hydrogens (tertiary/aromatic N) is 2. The van der Waals surface area contributed by atoms with Gasteiger partial charge in [-0.2, -0.15) is 0 Å². The number of nitrogens with one attached hydrogen (secondary N) is 1. The van der Waals surface area contributed by atoms with Gasteiger partial charge in [0.05, 0.1) is 23.5 Å². The predicted octanol–water partition coefficient (Wildman–Crippen LogP) is 3.01. The zero-order valence-corrected chi connectivity index (χ0v) is 11.5. The number of benzene rings is 1. The molecule has 2 N–H and O–H groups in total. The molecule has 4 heteroatoms. The molecule has 2 aromatic rings. The highest BCUT2D eigenvalue weighted by Crippen LogP contribution is 2.26. The lowest BCUT2D eigenvalue weighted by atomic mass is 10.1. The highest BCUT2D eigenvalue weighted by Gasteiger charge is 2.13. The number of rotatable bonds is 4. The zero-order chi connectivity index (χ0) is 13.8. The van der Waals surface area contributed by atoms with E-state index in [2.05, 4.69) is 15.3 Å². The van der Waals surface area contributed by atoms with E-state index in [4.69, 9.17) is 0 Å². The molecule has 0 aliphatic carbocycles. The molecule has 1 heterocycles. The van der Waals surface area contributed by atoms with Crippen molar-refractivity contribution in [2.75, 3.05) is 5.32 Å². The second-order valence-electron chi connectivity index (χ2n) is 4.66. The average molecular weight is 257 g/mol. The van der Waals surface area contributed by atoms with E-state index in [1.165, 1.54) is 0 Å². The molecule has 1 aromatic heterocycles. The van der Waals surface area contributed by atoms with Gasteiger partial charge in [-0.05, 0) is 26.8 Å². The van der Waals surface area contributed by atoms with E-state index < -0.39 is 6.10 Å². The van der Waals surface area contributed by atoms with Crippen LogP contribution in [0.2, 0.25) is 0 Å². The van der Waals surface area contributed by atoms with Crippen molar-refractivity contribution in [1.82, 2.24) is 9.97 Å². The number of aliphatic hydroxyl groups excluding tert-OH is 1. The lowest BCUT2D eigenvalue weighted by molar-refractivity contribution is 0.200. The number of aromatic nitrogens is 2. The van der Waals surface area contributed by atoms with Crippen LogP contribution in [0.4, 0.5) is 5.69 Å². The summed E-state index contributed by atoms with van der Waals surface area (Å²) in [6.07, 6.45) is 2.88. The Bertz CT molecular complexity index is 555. The molecule has 2 rings (SSSR count). The van der Waals surface area contributed by atoms with Crippen molar-refractivity contribution in [3.8, 4) is 0 Å². The highest BCUT2D eigenvalue weighted by atomic mass is 16.3. The molecule has 0 aliphatic heterocycles. The van der Waals surface area contributed by atoms with Crippen LogP contribution in [0.5, 0.6) is 0 Å². The van der Waals surface area contributed by atoms with Crippen molar-refractivity contribution >= 4 is 5.69 Å². The van der Waals surface area contributed by atoms with Crippen molar-refractivity contribution in [2.45, 2.75) is 32.9 Å². The maximum Gasteiger partial charge on any atom is 0.0835 e. The van der Waals surface area contributed by atoms with Crippen molar-refractivity contribution in [2.24, 2.45) is 0 Å². The molecule has 0 fully saturated rings. The van der Waals surface area contributed by atoms with Gasteiger partial charge in [-0.15, -0.1) is 0 Å². The molecular formula is C15H19N3O. The number of aliphatic hydroxyl groups is 1. The Balaban J connectivity index is 2.24. The Morgan fingerprint density at radius 1 is 1.11 bits per heavy atom. The van der Waals surface area contributed by atoms with Crippen LogP contribution in [-0.4, -0.2) is 15.1 Å². The zero-order valence-electron chi connectivity index (χ0n) is 11.5. The first-order valence-corrected chi connectivity index (χ1v) is 6.40. The average Bonchev–Trinajstić information content (AvgIpc) is 2.39. The fourth-order valence-corrected chi connectivity index (χ4v) is 2.14. The van der Waals surface area contributed by atoms with E-state index in [0.717, 1.165) is 22.6 Å². The van der Waals surface area contributed by atoms with Crippen molar-refractivity contribution in [1.29, 1.82) is 0 Å². The fourth-order valence-electron chi connectivity index (χ4n) is 2.14. The Morgan fingerprint density at radius 3 is 2.47 bits per heavy atom. The third-order valence-electron chi connectivity index (χ3n) is 3.11. The van der Waals surface area contributed by atoms with E-state index in [1.807, 2.05) is 38.1 Å². The van der Waals surface area contributed by atoms with Gasteiger partial charge in [0.2, 0.25) is 0 Å². The van der Waals surface area contributed by atoms with Gasteiger partial charge >= 0.3 is 0 Å². The lowest BCUT2D eigenvalue weighted by Gasteiger charge is -2.19. The van der Waals surface area contributed by atoms with Crippen LogP contribution < -0.4 is 5.32 Å². The van der Waals surface area contributed by atoms with Crippen LogP contribution in [-0.2, 0) is 0 Å². The summed E-state index contributed by atoms with van der Waals surface area (Å²) in [6.45, 7) is 5.75. The summed E-state index contributed by atoms with van der Waals surface area (Å²) in [5.74, 6) is 0. The fraction of sp³-hybridized carbons (Fsp3) is 0.333. The van der Waals surface area contributed by atoms with Gasteiger partial charge in [-0.3, -0.25) is 9.97 Å². The third kappa shape index (κ3) is 3.09. The largest absolute Gasteiger partial charge is 0.389 e. The maximum atomic E-state index is 9.77. The molecule has 0 radical (unpaired) electrons. The smallest absolute Gasteiger partial charge is 0.0835 e. The molecule has 2 unspecified atom stereocenters. The highest BCUT2D eigenvalue weighted by molar-refractivity contribution is 5.53. The van der Waals surface area contributed by atoms with E-state index >= 15 is 0 Å². The maximum absolute atomic E-state index is 9.77. The van der Waals surface area contributed by atoms with Crippen molar-refractivity contribution in [3.63, 3.8) is 0 Å². The van der Waals surface area contributed by atoms with Crippen LogP contribution in [0.3, 0.4) is 0 Å². The second kappa shape index (κ2) is 5.80. The molecule has 0 aliphatic rings. The summed E-state index contributed by atoms with van der Waals surface area (Å²) in [5.41, 5.74) is 3.64. The number of para-hydroxylation sites is 1. The molecule has 0 bridgehead atoms. The first kappa shape index (κ1) is 13.5. The predicted molar refractivity (Wildman–Crippen MR) is 75.9 cm³/mol. The third-order valence-corrected chi connectivity index (χ3v) is 3.11. The first-order chi connectivity index (χ1) is 9.09. The van der Waals surface area contributed by atoms with Crippen molar-refractivity contribution in [3.05, 3.63) is 53.6 Å². The molecule has 1 aromatic carbocycles. The monoisotopic (exact) mass is 257 g/mol. The minimum Gasteiger partial charge on any atom is -0.389 e. The van der Waals surface area contributed by atoms with Gasteiger partial charge < -0.3 is 10.4 Å². The molecule has 19 heavy (non-hydrogen) atoms. The summed E-state index contributed by atoms with van der Waals surface area (Å²) in [6, 6.07) is 7.79. The molecule has 100 valence electrons. The van der Waals surface area contributed by atoms with Gasteiger partial charge in [-0.1, -0.05) is 18.2 Å². The minimum absolute atomic E-state index is 0.0357. The van der Waals surface area contributed by atoms with Gasteiger partial charge in [0, 0.05) is 23.6 Å². The molecular weight excluding hydrogens is 238 g/mol. The topological polar surface area (TPSA) is 58.0 Å². The lowest BCUT2D eigenvalue weighted by Crippen LogP contribution is -2.12. The van der Waals surface area contributed by atoms with Crippen LogP contribution in [0.25, 0.3) is 0 Å². The standard InChI is InChI=1S/C15H19N3O/c1-10-15(17-9-8-16-10)11(2)18-14-7-5-4-6-13(14)12(3)19/h4-9,11-12,18-19H,1-3H3. The normalized spacial score (nSPS) is 13.9. The van der Waals surface area contributed by atoms with Gasteiger partial charge in [-0.25, -0.2) is 0 Å². The Morgan fingerprint density at radius 2 is 1.79 bits per heavy atom. The summed E-state index contributed by atoms with van der Waals surface area (Å²) in [4.78, 5) is 8.61. The SMILES string of the molecule is Cc1nccnc1C(C)Nc1ccccc1C(C)O. The number of hydrogen-bond donors (Lipinski definition) is 2. The molecule has 0 amide bonds. The van der Waals surface area contributed by atoms with Crippen LogP contribution in [0.1, 0.15) is 42.9 Å². The summed E-state index contributed by atoms with van der Waals surface area (Å²) < 4.78 is 0. The molecule has 0 spiro atoms.